The molecule has 0 aromatic heterocycles. The number of fused-ring (bicyclic) bond motifs is 3. The summed E-state index contributed by atoms with van der Waals surface area (Å²) in [7, 11) is 0. The molecule has 2 aliphatic carbocycles. The summed E-state index contributed by atoms with van der Waals surface area (Å²) in [5, 5.41) is 0. The number of halogens is 2. The van der Waals surface area contributed by atoms with Crippen LogP contribution in [0.15, 0.2) is 121 Å². The Bertz CT molecular complexity index is 1100. The van der Waals surface area contributed by atoms with Crippen LogP contribution >= 0.6 is 24.8 Å². The van der Waals surface area contributed by atoms with E-state index in [2.05, 4.69) is 105 Å². The molecule has 2 aliphatic rings. The van der Waals surface area contributed by atoms with Crippen LogP contribution in [0.2, 0.25) is 0 Å². The second-order valence-electron chi connectivity index (χ2n) is 9.52. The zero-order valence-corrected chi connectivity index (χ0v) is 27.4. The van der Waals surface area contributed by atoms with Crippen molar-refractivity contribution in [2.24, 2.45) is 11.3 Å². The van der Waals surface area contributed by atoms with Gasteiger partial charge in [-0.2, -0.15) is 114 Å². The third-order valence-corrected chi connectivity index (χ3v) is 5.63. The van der Waals surface area contributed by atoms with Crippen molar-refractivity contribution in [1.29, 1.82) is 0 Å². The minimum atomic E-state index is 0. The first kappa shape index (κ1) is 36.7. The van der Waals surface area contributed by atoms with Crippen LogP contribution in [0, 0.1) is 35.6 Å². The molecule has 0 N–H and O–H groups in total. The largest absolute Gasteiger partial charge is 0.184 e. The van der Waals surface area contributed by atoms with E-state index in [1.54, 1.807) is 0 Å². The molecule has 0 amide bonds. The van der Waals surface area contributed by atoms with E-state index in [0.717, 1.165) is 6.42 Å². The Hall–Kier alpha value is -2.31. The van der Waals surface area contributed by atoms with Gasteiger partial charge in [-0.15, -0.1) is 30.4 Å². The molecule has 0 saturated heterocycles. The molecule has 39 heavy (non-hydrogen) atoms. The van der Waals surface area contributed by atoms with Crippen LogP contribution in [0.4, 0.5) is 0 Å². The maximum absolute atomic E-state index is 3.34. The number of hydrogen-bond donors (Lipinski definition) is 0. The zero-order chi connectivity index (χ0) is 26.9. The SMILES string of the molecule is CC1[C-]=CC(C(C)(C)C)=C1.Cl.Cl.[CH2]=[Zr].[c-]1cccc2c1Cc1ccccc1-2.[c-]1ccccc1.[c-]1ccccc1. The Balaban J connectivity index is 0.000000499. The van der Waals surface area contributed by atoms with Crippen LogP contribution in [0.1, 0.15) is 38.8 Å². The van der Waals surface area contributed by atoms with Crippen molar-refractivity contribution >= 4 is 29.0 Å². The molecule has 0 aliphatic heterocycles. The molecule has 0 bridgehead atoms. The van der Waals surface area contributed by atoms with Gasteiger partial charge in [0.2, 0.25) is 0 Å². The second-order valence-corrected chi connectivity index (χ2v) is 9.52. The van der Waals surface area contributed by atoms with E-state index in [0.29, 0.717) is 11.3 Å². The Morgan fingerprint density at radius 3 is 1.67 bits per heavy atom. The van der Waals surface area contributed by atoms with E-state index < -0.39 is 0 Å². The summed E-state index contributed by atoms with van der Waals surface area (Å²) in [5.41, 5.74) is 7.23. The summed E-state index contributed by atoms with van der Waals surface area (Å²) in [5.74, 6) is 0.522. The minimum Gasteiger partial charge on any atom is -0.184 e. The molecule has 1 atom stereocenters. The molecule has 4 aromatic rings. The molecular formula is C36H38Cl2Zr-4. The first-order valence-corrected chi connectivity index (χ1v) is 14.3. The summed E-state index contributed by atoms with van der Waals surface area (Å²) >= 11 is 1.30. The van der Waals surface area contributed by atoms with E-state index in [1.165, 1.54) is 52.1 Å². The van der Waals surface area contributed by atoms with Gasteiger partial charge in [-0.05, 0) is 6.42 Å². The molecule has 0 heterocycles. The minimum absolute atomic E-state index is 0. The Kier molecular flexibility index (Phi) is 19.4. The van der Waals surface area contributed by atoms with E-state index in [4.69, 9.17) is 0 Å². The quantitative estimate of drug-likeness (QED) is 0.149. The van der Waals surface area contributed by atoms with Gasteiger partial charge in [-0.1, -0.05) is 74.4 Å². The summed E-state index contributed by atoms with van der Waals surface area (Å²) in [6.45, 7) is 8.86. The molecule has 204 valence electrons. The van der Waals surface area contributed by atoms with Gasteiger partial charge < -0.3 is 0 Å². The predicted octanol–water partition coefficient (Wildman–Crippen LogP) is 9.81. The fourth-order valence-electron chi connectivity index (χ4n) is 3.73. The number of hydrogen-bond acceptors (Lipinski definition) is 0. The van der Waals surface area contributed by atoms with Gasteiger partial charge in [-0.3, -0.25) is 6.08 Å². The van der Waals surface area contributed by atoms with Gasteiger partial charge in [0.15, 0.2) is 0 Å². The van der Waals surface area contributed by atoms with Gasteiger partial charge in [0.05, 0.1) is 0 Å². The third kappa shape index (κ3) is 13.5. The monoisotopic (exact) mass is 630 g/mol. The first-order chi connectivity index (χ1) is 17.9. The van der Waals surface area contributed by atoms with Crippen LogP contribution in [-0.2, 0) is 30.7 Å². The van der Waals surface area contributed by atoms with Gasteiger partial charge in [-0.25, -0.2) is 6.08 Å². The van der Waals surface area contributed by atoms with E-state index in [-0.39, 0.29) is 24.8 Å². The van der Waals surface area contributed by atoms with Crippen molar-refractivity contribution < 1.29 is 24.2 Å². The maximum atomic E-state index is 3.34. The number of allylic oxidation sites excluding steroid dienone is 4. The normalized spacial score (nSPS) is 13.1. The second kappa shape index (κ2) is 20.6. The maximum Gasteiger partial charge on any atom is -0.0253 e. The predicted molar refractivity (Wildman–Crippen MR) is 170 cm³/mol. The van der Waals surface area contributed by atoms with Gasteiger partial charge in [0.1, 0.15) is 0 Å². The van der Waals surface area contributed by atoms with Gasteiger partial charge in [0.25, 0.3) is 0 Å². The van der Waals surface area contributed by atoms with E-state index >= 15 is 0 Å². The summed E-state index contributed by atoms with van der Waals surface area (Å²) in [6, 6.07) is 43.1. The number of rotatable bonds is 0. The fourth-order valence-corrected chi connectivity index (χ4v) is 3.73. The molecule has 6 rings (SSSR count). The van der Waals surface area contributed by atoms with Crippen LogP contribution in [-0.4, -0.2) is 4.21 Å². The van der Waals surface area contributed by atoms with Crippen LogP contribution in [0.5, 0.6) is 0 Å². The summed E-state index contributed by atoms with van der Waals surface area (Å²) in [6.07, 6.45) is 8.70. The Morgan fingerprint density at radius 1 is 0.718 bits per heavy atom. The third-order valence-electron chi connectivity index (χ3n) is 5.63. The van der Waals surface area contributed by atoms with Crippen molar-refractivity contribution in [1.82, 2.24) is 0 Å². The molecule has 1 unspecified atom stereocenters. The molecule has 0 spiro atoms. The van der Waals surface area contributed by atoms with Gasteiger partial charge >= 0.3 is 28.4 Å². The van der Waals surface area contributed by atoms with Crippen molar-refractivity contribution in [2.45, 2.75) is 34.1 Å². The van der Waals surface area contributed by atoms with Crippen molar-refractivity contribution in [3.05, 3.63) is 156 Å². The van der Waals surface area contributed by atoms with Crippen molar-refractivity contribution in [3.63, 3.8) is 0 Å². The number of benzene rings is 4. The zero-order valence-electron chi connectivity index (χ0n) is 23.3. The van der Waals surface area contributed by atoms with Crippen LogP contribution in [0.3, 0.4) is 0 Å². The average molecular weight is 633 g/mol. The Labute approximate surface area is 264 Å². The Morgan fingerprint density at radius 2 is 1.26 bits per heavy atom. The smallest absolute Gasteiger partial charge is 0.0253 e. The van der Waals surface area contributed by atoms with E-state index in [1.807, 2.05) is 66.7 Å². The molecule has 3 heteroatoms. The molecule has 0 radical (unpaired) electrons. The summed E-state index contributed by atoms with van der Waals surface area (Å²) in [4.78, 5) is 0. The first-order valence-electron chi connectivity index (χ1n) is 12.5. The molecule has 0 fully saturated rings. The summed E-state index contributed by atoms with van der Waals surface area (Å²) < 4.78 is 3.34. The van der Waals surface area contributed by atoms with Gasteiger partial charge in [0, 0.05) is 0 Å². The van der Waals surface area contributed by atoms with E-state index in [9.17, 15) is 0 Å². The topological polar surface area (TPSA) is 0 Å². The molecular weight excluding hydrogens is 595 g/mol. The van der Waals surface area contributed by atoms with Crippen molar-refractivity contribution in [2.75, 3.05) is 0 Å². The molecule has 0 saturated carbocycles. The van der Waals surface area contributed by atoms with Crippen LogP contribution < -0.4 is 0 Å². The average Bonchev–Trinajstić information content (AvgIpc) is 3.57. The van der Waals surface area contributed by atoms with Crippen LogP contribution in [0.25, 0.3) is 11.1 Å². The van der Waals surface area contributed by atoms with Crippen molar-refractivity contribution in [3.8, 4) is 11.1 Å². The molecule has 4 aromatic carbocycles. The fraction of sp³-hybridized carbons (Fsp3) is 0.194. The standard InChI is InChI=1S/C13H9.C10H15.2C6H5.CH2.2ClH.Zr/c1-3-7-12-10(5-1)9-11-6-2-4-8-13(11)12;1-8-5-6-9(7-8)10(2,3)4;2*1-2-4-6-5-3-1;;;;/h1-5,7-8H,9H2;6-8H,1-4H3;2*1-5H;1H2;2*1H;/q4*-1;;;;. The molecule has 0 nitrogen and oxygen atoms in total.